The molecule has 1 N–H and O–H groups in total. The third-order valence-electron chi connectivity index (χ3n) is 5.18. The monoisotopic (exact) mass is 357 g/mol. The van der Waals surface area contributed by atoms with Gasteiger partial charge >= 0.3 is 0 Å². The minimum absolute atomic E-state index is 0.0398. The number of carbonyl (C=O) groups excluding carboxylic acids is 2. The summed E-state index contributed by atoms with van der Waals surface area (Å²) in [5.41, 5.74) is 1.59. The maximum atomic E-state index is 12.7. The van der Waals surface area contributed by atoms with Crippen LogP contribution in [0.15, 0.2) is 28.7 Å². The van der Waals surface area contributed by atoms with E-state index in [1.165, 1.54) is 0 Å². The Kier molecular flexibility index (Phi) is 5.20. The second kappa shape index (κ2) is 7.40. The summed E-state index contributed by atoms with van der Waals surface area (Å²) in [6.07, 6.45) is 3.06. The number of hydrogen-bond donors (Lipinski definition) is 1. The van der Waals surface area contributed by atoms with Gasteiger partial charge in [0.2, 0.25) is 5.91 Å². The summed E-state index contributed by atoms with van der Waals surface area (Å²) in [7, 11) is 1.89. The van der Waals surface area contributed by atoms with Crippen LogP contribution in [0, 0.1) is 6.92 Å². The molecule has 26 heavy (non-hydrogen) atoms. The number of amides is 2. The van der Waals surface area contributed by atoms with Crippen molar-refractivity contribution in [3.63, 3.8) is 0 Å². The zero-order valence-corrected chi connectivity index (χ0v) is 15.9. The lowest BCUT2D eigenvalue weighted by molar-refractivity contribution is -0.132. The quantitative estimate of drug-likeness (QED) is 0.911. The minimum atomic E-state index is -0.210. The fourth-order valence-corrected chi connectivity index (χ4v) is 3.73. The Hall–Kier alpha value is -2.50. The number of carbonyl (C=O) groups is 2. The van der Waals surface area contributed by atoms with Gasteiger partial charge in [-0.15, -0.1) is 0 Å². The van der Waals surface area contributed by atoms with Crippen molar-refractivity contribution < 1.29 is 14.0 Å². The van der Waals surface area contributed by atoms with Crippen molar-refractivity contribution in [2.75, 3.05) is 6.54 Å². The number of piperidine rings is 1. The van der Waals surface area contributed by atoms with Crippen LogP contribution < -0.4 is 5.32 Å². The number of rotatable bonds is 4. The van der Waals surface area contributed by atoms with Gasteiger partial charge in [0.25, 0.3) is 5.91 Å². The molecule has 2 aromatic rings. The van der Waals surface area contributed by atoms with Crippen molar-refractivity contribution in [3.05, 3.63) is 47.2 Å². The Morgan fingerprint density at radius 3 is 2.65 bits per heavy atom. The molecule has 0 unspecified atom stereocenters. The lowest BCUT2D eigenvalue weighted by Gasteiger charge is -2.35. The first-order valence-corrected chi connectivity index (χ1v) is 9.18. The molecular formula is C20H27N3O3. The zero-order valence-electron chi connectivity index (χ0n) is 15.9. The van der Waals surface area contributed by atoms with Crippen LogP contribution in [-0.2, 0) is 11.8 Å². The van der Waals surface area contributed by atoms with Gasteiger partial charge in [0.05, 0.1) is 12.1 Å². The number of furan rings is 1. The number of aryl methyl sites for hydroxylation is 1. The van der Waals surface area contributed by atoms with Gasteiger partial charge in [-0.3, -0.25) is 9.59 Å². The van der Waals surface area contributed by atoms with E-state index in [-0.39, 0.29) is 23.9 Å². The van der Waals surface area contributed by atoms with Gasteiger partial charge in [-0.1, -0.05) is 0 Å². The van der Waals surface area contributed by atoms with Crippen LogP contribution in [0.4, 0.5) is 0 Å². The Morgan fingerprint density at radius 1 is 1.23 bits per heavy atom. The molecule has 1 aliphatic heterocycles. The van der Waals surface area contributed by atoms with E-state index in [1.807, 2.05) is 54.6 Å². The minimum Gasteiger partial charge on any atom is -0.464 e. The molecule has 0 aromatic carbocycles. The average Bonchev–Trinajstić information content (AvgIpc) is 3.20. The van der Waals surface area contributed by atoms with E-state index in [0.29, 0.717) is 5.69 Å². The third-order valence-corrected chi connectivity index (χ3v) is 5.18. The summed E-state index contributed by atoms with van der Waals surface area (Å²) in [4.78, 5) is 26.6. The van der Waals surface area contributed by atoms with Crippen LogP contribution in [0.25, 0.3) is 0 Å². The molecule has 0 aliphatic carbocycles. The number of nitrogens with zero attached hydrogens (tertiary/aromatic N) is 2. The molecule has 0 bridgehead atoms. The molecule has 1 saturated heterocycles. The Morgan fingerprint density at radius 2 is 2.00 bits per heavy atom. The number of nitrogens with one attached hydrogen (secondary N) is 1. The maximum absolute atomic E-state index is 12.7. The highest BCUT2D eigenvalue weighted by atomic mass is 16.3. The van der Waals surface area contributed by atoms with Crippen LogP contribution in [0.1, 0.15) is 72.9 Å². The number of likely N-dealkylation sites (tertiary alicyclic amines) is 1. The Labute approximate surface area is 154 Å². The largest absolute Gasteiger partial charge is 0.464 e. The number of hydrogen-bond acceptors (Lipinski definition) is 3. The summed E-state index contributed by atoms with van der Waals surface area (Å²) >= 11 is 0. The van der Waals surface area contributed by atoms with Crippen molar-refractivity contribution in [3.8, 4) is 0 Å². The molecule has 140 valence electrons. The lowest BCUT2D eigenvalue weighted by atomic mass is 9.99. The molecule has 1 fully saturated rings. The second-order valence-electron chi connectivity index (χ2n) is 7.07. The van der Waals surface area contributed by atoms with Gasteiger partial charge < -0.3 is 19.2 Å². The zero-order chi connectivity index (χ0) is 18.8. The van der Waals surface area contributed by atoms with Crippen LogP contribution in [0.3, 0.4) is 0 Å². The molecule has 2 amide bonds. The molecule has 0 radical (unpaired) electrons. The van der Waals surface area contributed by atoms with Gasteiger partial charge in [0, 0.05) is 26.2 Å². The van der Waals surface area contributed by atoms with Crippen molar-refractivity contribution >= 4 is 11.8 Å². The highest BCUT2D eigenvalue weighted by Crippen LogP contribution is 2.31. The van der Waals surface area contributed by atoms with Gasteiger partial charge in [-0.25, -0.2) is 0 Å². The molecule has 3 heterocycles. The molecule has 2 aromatic heterocycles. The fraction of sp³-hybridized carbons (Fsp3) is 0.500. The highest BCUT2D eigenvalue weighted by Gasteiger charge is 2.29. The smallest absolute Gasteiger partial charge is 0.268 e. The van der Waals surface area contributed by atoms with Crippen molar-refractivity contribution in [2.45, 2.75) is 52.1 Å². The van der Waals surface area contributed by atoms with E-state index in [1.54, 1.807) is 6.92 Å². The van der Waals surface area contributed by atoms with Crippen LogP contribution in [0.5, 0.6) is 0 Å². The van der Waals surface area contributed by atoms with Gasteiger partial charge in [-0.05, 0) is 57.4 Å². The van der Waals surface area contributed by atoms with Gasteiger partial charge in [0.15, 0.2) is 0 Å². The topological polar surface area (TPSA) is 67.5 Å². The van der Waals surface area contributed by atoms with Crippen LogP contribution in [0.2, 0.25) is 0 Å². The second-order valence-corrected chi connectivity index (χ2v) is 7.07. The standard InChI is InChI=1S/C20H27N3O3/c1-13-8-11-19(26-13)14(2)21-20(25)18-10-9-16(22(18)4)17-7-5-6-12-23(17)15(3)24/h8-11,14,17H,5-7,12H2,1-4H3,(H,21,25)/t14-,17+/m1/s1. The predicted octanol–water partition coefficient (Wildman–Crippen LogP) is 3.49. The molecule has 0 spiro atoms. The molecule has 0 saturated carbocycles. The lowest BCUT2D eigenvalue weighted by Crippen LogP contribution is -2.38. The first kappa shape index (κ1) is 18.3. The molecule has 3 rings (SSSR count). The predicted molar refractivity (Wildman–Crippen MR) is 98.7 cm³/mol. The highest BCUT2D eigenvalue weighted by molar-refractivity contribution is 5.93. The summed E-state index contributed by atoms with van der Waals surface area (Å²) in [6, 6.07) is 7.39. The van der Waals surface area contributed by atoms with E-state index < -0.39 is 0 Å². The van der Waals surface area contributed by atoms with E-state index in [9.17, 15) is 9.59 Å². The molecule has 6 nitrogen and oxygen atoms in total. The number of aromatic nitrogens is 1. The SMILES string of the molecule is CC(=O)N1CCCC[C@H]1c1ccc(C(=O)N[C@H](C)c2ccc(C)o2)n1C. The summed E-state index contributed by atoms with van der Waals surface area (Å²) in [5, 5.41) is 2.98. The van der Waals surface area contributed by atoms with Crippen molar-refractivity contribution in [1.29, 1.82) is 0 Å². The van der Waals surface area contributed by atoms with E-state index in [2.05, 4.69) is 5.32 Å². The molecule has 1 aliphatic rings. The normalized spacial score (nSPS) is 18.6. The molecule has 2 atom stereocenters. The van der Waals surface area contributed by atoms with E-state index in [4.69, 9.17) is 4.42 Å². The Bertz CT molecular complexity index is 805. The van der Waals surface area contributed by atoms with Gasteiger partial charge in [-0.2, -0.15) is 0 Å². The summed E-state index contributed by atoms with van der Waals surface area (Å²) in [5.74, 6) is 1.50. The summed E-state index contributed by atoms with van der Waals surface area (Å²) in [6.45, 7) is 6.18. The molecular weight excluding hydrogens is 330 g/mol. The van der Waals surface area contributed by atoms with Crippen molar-refractivity contribution in [2.24, 2.45) is 7.05 Å². The van der Waals surface area contributed by atoms with E-state index >= 15 is 0 Å². The fourth-order valence-electron chi connectivity index (χ4n) is 3.73. The molecule has 6 heteroatoms. The third kappa shape index (κ3) is 3.54. The maximum Gasteiger partial charge on any atom is 0.268 e. The first-order chi connectivity index (χ1) is 12.4. The average molecular weight is 357 g/mol. The van der Waals surface area contributed by atoms with Gasteiger partial charge in [0.1, 0.15) is 17.2 Å². The van der Waals surface area contributed by atoms with E-state index in [0.717, 1.165) is 43.0 Å². The van der Waals surface area contributed by atoms with Crippen LogP contribution >= 0.6 is 0 Å². The summed E-state index contributed by atoms with van der Waals surface area (Å²) < 4.78 is 7.49. The van der Waals surface area contributed by atoms with Crippen molar-refractivity contribution in [1.82, 2.24) is 14.8 Å². The first-order valence-electron chi connectivity index (χ1n) is 9.18. The Balaban J connectivity index is 1.77. The van der Waals surface area contributed by atoms with Crippen LogP contribution in [-0.4, -0.2) is 27.8 Å².